The first-order valence-electron chi connectivity index (χ1n) is 8.85. The number of aromatic nitrogens is 2. The van der Waals surface area contributed by atoms with Gasteiger partial charge in [-0.05, 0) is 30.7 Å². The first-order valence-corrected chi connectivity index (χ1v) is 8.85. The Morgan fingerprint density at radius 2 is 1.79 bits per heavy atom. The van der Waals surface area contributed by atoms with E-state index in [0.717, 1.165) is 16.7 Å². The quantitative estimate of drug-likeness (QED) is 0.549. The van der Waals surface area contributed by atoms with Crippen LogP contribution in [0.2, 0.25) is 0 Å². The van der Waals surface area contributed by atoms with Gasteiger partial charge in [0.1, 0.15) is 6.61 Å². The summed E-state index contributed by atoms with van der Waals surface area (Å²) in [5, 5.41) is 3.96. The van der Waals surface area contributed by atoms with Gasteiger partial charge in [0.05, 0.1) is 20.6 Å². The third kappa shape index (κ3) is 4.88. The summed E-state index contributed by atoms with van der Waals surface area (Å²) >= 11 is 0. The van der Waals surface area contributed by atoms with Crippen LogP contribution >= 0.6 is 0 Å². The zero-order valence-electron chi connectivity index (χ0n) is 16.1. The van der Waals surface area contributed by atoms with Gasteiger partial charge in [0.25, 0.3) is 0 Å². The number of esters is 1. The van der Waals surface area contributed by atoms with Crippen LogP contribution in [-0.4, -0.2) is 30.3 Å². The molecular formula is C21H22N2O5. The second-order valence-electron chi connectivity index (χ2n) is 6.23. The van der Waals surface area contributed by atoms with Gasteiger partial charge >= 0.3 is 5.97 Å². The number of hydrogen-bond donors (Lipinski definition) is 0. The monoisotopic (exact) mass is 382 g/mol. The van der Waals surface area contributed by atoms with Crippen molar-refractivity contribution in [1.82, 2.24) is 10.1 Å². The number of hydrogen-bond acceptors (Lipinski definition) is 7. The molecule has 7 heteroatoms. The van der Waals surface area contributed by atoms with Crippen molar-refractivity contribution < 1.29 is 23.5 Å². The summed E-state index contributed by atoms with van der Waals surface area (Å²) in [6.07, 6.45) is 0.479. The second-order valence-corrected chi connectivity index (χ2v) is 6.23. The molecule has 0 aliphatic rings. The van der Waals surface area contributed by atoms with E-state index in [0.29, 0.717) is 29.6 Å². The van der Waals surface area contributed by atoms with Crippen molar-refractivity contribution in [2.24, 2.45) is 0 Å². The Kier molecular flexibility index (Phi) is 6.26. The van der Waals surface area contributed by atoms with Crippen molar-refractivity contribution in [3.63, 3.8) is 0 Å². The molecule has 0 aliphatic carbocycles. The lowest BCUT2D eigenvalue weighted by molar-refractivity contribution is -0.145. The highest BCUT2D eigenvalue weighted by atomic mass is 16.5. The summed E-state index contributed by atoms with van der Waals surface area (Å²) in [5.74, 6) is 1.67. The lowest BCUT2D eigenvalue weighted by Crippen LogP contribution is -2.06. The smallest absolute Gasteiger partial charge is 0.306 e. The van der Waals surface area contributed by atoms with Crippen molar-refractivity contribution in [3.05, 3.63) is 59.5 Å². The maximum Gasteiger partial charge on any atom is 0.306 e. The average molecular weight is 382 g/mol. The molecule has 0 bridgehead atoms. The van der Waals surface area contributed by atoms with E-state index >= 15 is 0 Å². The van der Waals surface area contributed by atoms with Gasteiger partial charge in [-0.2, -0.15) is 4.98 Å². The number of carbonyl (C=O) groups excluding carboxylic acids is 1. The zero-order valence-corrected chi connectivity index (χ0v) is 16.1. The fraction of sp³-hybridized carbons (Fsp3) is 0.286. The molecule has 0 spiro atoms. The third-order valence-electron chi connectivity index (χ3n) is 4.17. The number of benzene rings is 2. The molecule has 2 aromatic carbocycles. The molecule has 3 aromatic rings. The molecule has 0 amide bonds. The molecule has 0 unspecified atom stereocenters. The molecular weight excluding hydrogens is 360 g/mol. The van der Waals surface area contributed by atoms with Crippen molar-refractivity contribution in [1.29, 1.82) is 0 Å². The standard InChI is InChI=1S/C21H22N2O5/c1-14-4-6-15(7-5-14)13-27-20(24)11-10-19-22-21(23-28-19)16-8-9-17(25-2)18(12-16)26-3/h4-9,12H,10-11,13H2,1-3H3. The van der Waals surface area contributed by atoms with Crippen molar-refractivity contribution >= 4 is 5.97 Å². The molecule has 28 heavy (non-hydrogen) atoms. The van der Waals surface area contributed by atoms with Crippen LogP contribution < -0.4 is 9.47 Å². The predicted octanol–water partition coefficient (Wildman–Crippen LogP) is 3.74. The summed E-state index contributed by atoms with van der Waals surface area (Å²) in [6, 6.07) is 13.2. The first-order chi connectivity index (χ1) is 13.6. The molecule has 0 atom stereocenters. The molecule has 0 saturated carbocycles. The number of methoxy groups -OCH3 is 2. The van der Waals surface area contributed by atoms with Gasteiger partial charge in [0.2, 0.25) is 11.7 Å². The van der Waals surface area contributed by atoms with E-state index in [1.54, 1.807) is 26.4 Å². The van der Waals surface area contributed by atoms with Crippen molar-refractivity contribution in [3.8, 4) is 22.9 Å². The Labute approximate surface area is 163 Å². The molecule has 0 fully saturated rings. The topological polar surface area (TPSA) is 83.7 Å². The number of rotatable bonds is 8. The largest absolute Gasteiger partial charge is 0.493 e. The number of aryl methyl sites for hydroxylation is 2. The van der Waals surface area contributed by atoms with Crippen LogP contribution in [-0.2, 0) is 22.6 Å². The molecule has 0 radical (unpaired) electrons. The van der Waals surface area contributed by atoms with E-state index in [4.69, 9.17) is 18.7 Å². The van der Waals surface area contributed by atoms with Gasteiger partial charge in [-0.25, -0.2) is 0 Å². The summed E-state index contributed by atoms with van der Waals surface area (Å²) in [5.41, 5.74) is 2.85. The highest BCUT2D eigenvalue weighted by Crippen LogP contribution is 2.31. The second kappa shape index (κ2) is 9.03. The fourth-order valence-corrected chi connectivity index (χ4v) is 2.58. The van der Waals surface area contributed by atoms with Crippen molar-refractivity contribution in [2.75, 3.05) is 14.2 Å². The lowest BCUT2D eigenvalue weighted by atomic mass is 10.2. The number of carbonyl (C=O) groups is 1. The molecule has 7 nitrogen and oxygen atoms in total. The van der Waals surface area contributed by atoms with Gasteiger partial charge in [0.15, 0.2) is 11.5 Å². The number of ether oxygens (including phenoxy) is 3. The van der Waals surface area contributed by atoms with E-state index in [1.165, 1.54) is 0 Å². The van der Waals surface area contributed by atoms with Crippen LogP contribution in [0.25, 0.3) is 11.4 Å². The predicted molar refractivity (Wildman–Crippen MR) is 102 cm³/mol. The zero-order chi connectivity index (χ0) is 19.9. The van der Waals surface area contributed by atoms with Crippen LogP contribution in [0.5, 0.6) is 11.5 Å². The maximum atomic E-state index is 11.9. The van der Waals surface area contributed by atoms with Gasteiger partial charge < -0.3 is 18.7 Å². The molecule has 0 saturated heterocycles. The van der Waals surface area contributed by atoms with Crippen molar-refractivity contribution in [2.45, 2.75) is 26.4 Å². The Balaban J connectivity index is 1.54. The fourth-order valence-electron chi connectivity index (χ4n) is 2.58. The molecule has 1 aromatic heterocycles. The Bertz CT molecular complexity index is 934. The minimum absolute atomic E-state index is 0.166. The van der Waals surface area contributed by atoms with Gasteiger partial charge in [-0.1, -0.05) is 35.0 Å². The Hall–Kier alpha value is -3.35. The average Bonchev–Trinajstić information content (AvgIpc) is 3.20. The van der Waals surface area contributed by atoms with E-state index in [-0.39, 0.29) is 19.0 Å². The SMILES string of the molecule is COc1ccc(-c2noc(CCC(=O)OCc3ccc(C)cc3)n2)cc1OC. The van der Waals surface area contributed by atoms with E-state index in [2.05, 4.69) is 10.1 Å². The normalized spacial score (nSPS) is 10.5. The molecule has 146 valence electrons. The summed E-state index contributed by atoms with van der Waals surface area (Å²) in [4.78, 5) is 16.3. The third-order valence-corrected chi connectivity index (χ3v) is 4.17. The van der Waals surface area contributed by atoms with Crippen LogP contribution in [0.4, 0.5) is 0 Å². The first kappa shape index (κ1) is 19.4. The van der Waals surface area contributed by atoms with E-state index in [9.17, 15) is 4.79 Å². The molecule has 1 heterocycles. The lowest BCUT2D eigenvalue weighted by Gasteiger charge is -2.07. The van der Waals surface area contributed by atoms with Crippen LogP contribution in [0.1, 0.15) is 23.4 Å². The van der Waals surface area contributed by atoms with E-state index < -0.39 is 0 Å². The van der Waals surface area contributed by atoms with E-state index in [1.807, 2.05) is 37.3 Å². The van der Waals surface area contributed by atoms with Crippen LogP contribution in [0.3, 0.4) is 0 Å². The Morgan fingerprint density at radius 1 is 1.04 bits per heavy atom. The molecule has 0 aliphatic heterocycles. The van der Waals surface area contributed by atoms with Gasteiger partial charge in [-0.3, -0.25) is 4.79 Å². The van der Waals surface area contributed by atoms with Gasteiger partial charge in [-0.15, -0.1) is 0 Å². The molecule has 0 N–H and O–H groups in total. The number of nitrogens with zero attached hydrogens (tertiary/aromatic N) is 2. The highest BCUT2D eigenvalue weighted by molar-refractivity contribution is 5.69. The summed E-state index contributed by atoms with van der Waals surface area (Å²) in [7, 11) is 3.13. The van der Waals surface area contributed by atoms with Crippen LogP contribution in [0.15, 0.2) is 47.0 Å². The summed E-state index contributed by atoms with van der Waals surface area (Å²) in [6.45, 7) is 2.26. The molecule has 3 rings (SSSR count). The minimum atomic E-state index is -0.313. The van der Waals surface area contributed by atoms with Gasteiger partial charge in [0, 0.05) is 12.0 Å². The summed E-state index contributed by atoms with van der Waals surface area (Å²) < 4.78 is 21.0. The highest BCUT2D eigenvalue weighted by Gasteiger charge is 2.13. The minimum Gasteiger partial charge on any atom is -0.493 e. The maximum absolute atomic E-state index is 11.9. The van der Waals surface area contributed by atoms with Crippen LogP contribution in [0, 0.1) is 6.92 Å². The Morgan fingerprint density at radius 3 is 2.50 bits per heavy atom.